The van der Waals surface area contributed by atoms with E-state index in [9.17, 15) is 0 Å². The predicted octanol–water partition coefficient (Wildman–Crippen LogP) is 7.27. The molecular weight excluding hydrogens is 314 g/mol. The maximum absolute atomic E-state index is 2.79. The van der Waals surface area contributed by atoms with E-state index in [1.165, 1.54) is 89.0 Å². The van der Waals surface area contributed by atoms with Gasteiger partial charge in [-0.25, -0.2) is 0 Å². The van der Waals surface area contributed by atoms with E-state index in [1.807, 2.05) is 0 Å². The topological polar surface area (TPSA) is 3.24 Å². The van der Waals surface area contributed by atoms with Crippen LogP contribution in [-0.4, -0.2) is 17.0 Å². The molecule has 0 spiro atoms. The van der Waals surface area contributed by atoms with Crippen molar-refractivity contribution in [3.63, 3.8) is 0 Å². The van der Waals surface area contributed by atoms with Crippen molar-refractivity contribution in [1.29, 1.82) is 0 Å². The molecule has 2 bridgehead atoms. The van der Waals surface area contributed by atoms with Crippen LogP contribution in [0.2, 0.25) is 0 Å². The van der Waals surface area contributed by atoms with Crippen LogP contribution in [-0.2, 0) is 6.54 Å². The van der Waals surface area contributed by atoms with Crippen LogP contribution in [0.15, 0.2) is 42.0 Å². The summed E-state index contributed by atoms with van der Waals surface area (Å²) in [7, 11) is 0. The average molecular weight is 354 g/mol. The van der Waals surface area contributed by atoms with Gasteiger partial charge < -0.3 is 0 Å². The summed E-state index contributed by atoms with van der Waals surface area (Å²) >= 11 is 0. The molecule has 0 aromatic heterocycles. The molecule has 26 heavy (non-hydrogen) atoms. The lowest BCUT2D eigenvalue weighted by atomic mass is 9.83. The summed E-state index contributed by atoms with van der Waals surface area (Å²) in [6, 6.07) is 12.6. The fourth-order valence-corrected chi connectivity index (χ4v) is 4.92. The number of rotatable bonds is 11. The first-order valence-electron chi connectivity index (χ1n) is 11.4. The second-order valence-corrected chi connectivity index (χ2v) is 8.56. The van der Waals surface area contributed by atoms with Gasteiger partial charge in [0, 0.05) is 18.6 Å². The van der Waals surface area contributed by atoms with Crippen molar-refractivity contribution < 1.29 is 0 Å². The Morgan fingerprint density at radius 2 is 1.62 bits per heavy atom. The quantitative estimate of drug-likeness (QED) is 0.298. The average Bonchev–Trinajstić information content (AvgIpc) is 2.65. The number of unbranched alkanes of at least 4 members (excludes halogenated alkanes) is 7. The van der Waals surface area contributed by atoms with E-state index in [2.05, 4.69) is 48.2 Å². The second kappa shape index (κ2) is 10.9. The summed E-state index contributed by atoms with van der Waals surface area (Å²) in [4.78, 5) is 2.79. The predicted molar refractivity (Wildman–Crippen MR) is 113 cm³/mol. The molecule has 2 atom stereocenters. The minimum Gasteiger partial charge on any atom is -0.289 e. The molecule has 1 nitrogen and oxygen atoms in total. The second-order valence-electron chi connectivity index (χ2n) is 8.56. The molecule has 0 amide bonds. The van der Waals surface area contributed by atoms with Crippen LogP contribution in [0.1, 0.15) is 96.0 Å². The van der Waals surface area contributed by atoms with Crippen LogP contribution in [0.4, 0.5) is 0 Å². The van der Waals surface area contributed by atoms with Gasteiger partial charge in [0.05, 0.1) is 0 Å². The van der Waals surface area contributed by atoms with Crippen LogP contribution >= 0.6 is 0 Å². The maximum Gasteiger partial charge on any atom is 0.0287 e. The molecule has 1 aromatic carbocycles. The van der Waals surface area contributed by atoms with Crippen LogP contribution in [0.25, 0.3) is 0 Å². The number of fused-ring (bicyclic) bond motifs is 2. The zero-order chi connectivity index (χ0) is 18.0. The molecule has 3 rings (SSSR count). The fraction of sp³-hybridized carbons (Fsp3) is 0.680. The Kier molecular flexibility index (Phi) is 8.26. The molecule has 2 aliphatic rings. The Morgan fingerprint density at radius 1 is 0.885 bits per heavy atom. The Bertz CT molecular complexity index is 532. The van der Waals surface area contributed by atoms with Gasteiger partial charge in [-0.15, -0.1) is 0 Å². The van der Waals surface area contributed by atoms with Crippen molar-refractivity contribution >= 4 is 0 Å². The van der Waals surface area contributed by atoms with Gasteiger partial charge in [0.2, 0.25) is 0 Å². The Morgan fingerprint density at radius 3 is 2.35 bits per heavy atom. The van der Waals surface area contributed by atoms with E-state index in [-0.39, 0.29) is 0 Å². The molecule has 1 fully saturated rings. The summed E-state index contributed by atoms with van der Waals surface area (Å²) < 4.78 is 0. The Hall–Kier alpha value is -1.08. The molecule has 2 heterocycles. The van der Waals surface area contributed by atoms with Crippen molar-refractivity contribution in [1.82, 2.24) is 4.90 Å². The van der Waals surface area contributed by atoms with Gasteiger partial charge in [0.25, 0.3) is 0 Å². The van der Waals surface area contributed by atoms with Crippen molar-refractivity contribution in [2.24, 2.45) is 0 Å². The minimum atomic E-state index is 0.701. The molecule has 144 valence electrons. The summed E-state index contributed by atoms with van der Waals surface area (Å²) in [6.07, 6.45) is 21.0. The van der Waals surface area contributed by atoms with Gasteiger partial charge >= 0.3 is 0 Å². The normalized spacial score (nSPS) is 23.0. The minimum absolute atomic E-state index is 0.701. The summed E-state index contributed by atoms with van der Waals surface area (Å²) in [5.74, 6) is 0. The Balaban J connectivity index is 1.41. The first-order chi connectivity index (χ1) is 12.9. The van der Waals surface area contributed by atoms with Crippen molar-refractivity contribution in [3.05, 3.63) is 47.5 Å². The van der Waals surface area contributed by atoms with Crippen LogP contribution in [0, 0.1) is 0 Å². The van der Waals surface area contributed by atoms with Gasteiger partial charge in [-0.1, -0.05) is 100 Å². The SMILES string of the molecule is CCCCCCCCCCC1=CC2CCCC(C1)N2Cc1ccccc1. The molecule has 2 aliphatic heterocycles. The standard InChI is InChI=1S/C25H39N/c1-2-3-4-5-6-7-8-10-16-23-19-24-17-13-18-25(20-23)26(24)21-22-14-11-9-12-15-22/h9,11-12,14-15,19,24-25H,2-8,10,13,16-18,20-21H2,1H3. The van der Waals surface area contributed by atoms with E-state index in [4.69, 9.17) is 0 Å². The molecular formula is C25H39N. The van der Waals surface area contributed by atoms with Crippen LogP contribution < -0.4 is 0 Å². The summed E-state index contributed by atoms with van der Waals surface area (Å²) in [5.41, 5.74) is 3.25. The lowest BCUT2D eigenvalue weighted by Crippen LogP contribution is -2.47. The van der Waals surface area contributed by atoms with E-state index in [0.717, 1.165) is 12.6 Å². The van der Waals surface area contributed by atoms with Gasteiger partial charge in [0.15, 0.2) is 0 Å². The molecule has 2 unspecified atom stereocenters. The largest absolute Gasteiger partial charge is 0.289 e. The lowest BCUT2D eigenvalue weighted by Gasteiger charge is -2.45. The van der Waals surface area contributed by atoms with E-state index >= 15 is 0 Å². The number of hydrogen-bond donors (Lipinski definition) is 0. The smallest absolute Gasteiger partial charge is 0.0287 e. The van der Waals surface area contributed by atoms with Gasteiger partial charge in [-0.3, -0.25) is 4.90 Å². The van der Waals surface area contributed by atoms with Crippen molar-refractivity contribution in [3.8, 4) is 0 Å². The van der Waals surface area contributed by atoms with Gasteiger partial charge in [-0.2, -0.15) is 0 Å². The van der Waals surface area contributed by atoms with Crippen molar-refractivity contribution in [2.75, 3.05) is 0 Å². The zero-order valence-corrected chi connectivity index (χ0v) is 17.0. The van der Waals surface area contributed by atoms with Gasteiger partial charge in [0.1, 0.15) is 0 Å². The number of benzene rings is 1. The lowest BCUT2D eigenvalue weighted by molar-refractivity contribution is 0.0876. The van der Waals surface area contributed by atoms with E-state index < -0.39 is 0 Å². The molecule has 1 heteroatoms. The first kappa shape index (κ1) is 19.7. The van der Waals surface area contributed by atoms with Gasteiger partial charge in [-0.05, 0) is 37.7 Å². The molecule has 0 saturated carbocycles. The summed E-state index contributed by atoms with van der Waals surface area (Å²) in [5, 5.41) is 0. The fourth-order valence-electron chi connectivity index (χ4n) is 4.92. The first-order valence-corrected chi connectivity index (χ1v) is 11.4. The van der Waals surface area contributed by atoms with Crippen LogP contribution in [0.5, 0.6) is 0 Å². The van der Waals surface area contributed by atoms with Crippen LogP contribution in [0.3, 0.4) is 0 Å². The molecule has 1 aromatic rings. The Labute approximate surface area is 161 Å². The highest BCUT2D eigenvalue weighted by Crippen LogP contribution is 2.36. The third-order valence-electron chi connectivity index (χ3n) is 6.42. The highest BCUT2D eigenvalue weighted by molar-refractivity contribution is 5.20. The maximum atomic E-state index is 2.79. The number of nitrogens with zero attached hydrogens (tertiary/aromatic N) is 1. The zero-order valence-electron chi connectivity index (χ0n) is 17.0. The van der Waals surface area contributed by atoms with E-state index in [1.54, 1.807) is 5.57 Å². The molecule has 1 saturated heterocycles. The van der Waals surface area contributed by atoms with Crippen molar-refractivity contribution in [2.45, 2.75) is 109 Å². The number of hydrogen-bond acceptors (Lipinski definition) is 1. The summed E-state index contributed by atoms with van der Waals surface area (Å²) in [6.45, 7) is 3.44. The third kappa shape index (κ3) is 5.98. The highest BCUT2D eigenvalue weighted by atomic mass is 15.2. The number of piperidine rings is 1. The van der Waals surface area contributed by atoms with E-state index in [0.29, 0.717) is 6.04 Å². The molecule has 0 aliphatic carbocycles. The third-order valence-corrected chi connectivity index (χ3v) is 6.42. The molecule has 0 N–H and O–H groups in total. The highest BCUT2D eigenvalue weighted by Gasteiger charge is 2.33. The monoisotopic (exact) mass is 353 g/mol. The molecule has 0 radical (unpaired) electrons.